The molecule has 6 rings (SSSR count). The van der Waals surface area contributed by atoms with Crippen molar-refractivity contribution in [1.82, 2.24) is 0 Å². The Hall–Kier alpha value is -3.68. The van der Waals surface area contributed by atoms with Gasteiger partial charge in [0, 0.05) is 6.42 Å². The van der Waals surface area contributed by atoms with Crippen LogP contribution in [0.15, 0.2) is 43.0 Å². The van der Waals surface area contributed by atoms with Crippen LogP contribution in [-0.2, 0) is 120 Å². The average Bonchev–Trinajstić information content (AvgIpc) is 3.87. The van der Waals surface area contributed by atoms with Crippen LogP contribution in [0.25, 0.3) is 0 Å². The van der Waals surface area contributed by atoms with Crippen LogP contribution in [0.2, 0.25) is 0 Å². The molecule has 6 atom stereocenters. The van der Waals surface area contributed by atoms with Gasteiger partial charge < -0.3 is 18.9 Å². The van der Waals surface area contributed by atoms with Crippen LogP contribution < -0.4 is 0 Å². The van der Waals surface area contributed by atoms with Crippen LogP contribution in [0.5, 0.6) is 0 Å². The standard InChI is InChI=1S/C11H12O6S.C9H14O6S.C6H8O6S.C5H8O6S/c1-15-11(12)10-9(16-18(13,14)17-10)7-8-5-3-2-4-6-8;1-13-8(10)7-9(5-3-2-4-6-9)15-16(11,12)14-7;1-3-4-5(6(7)10-2)12-13(8,9)11-4;1-5(4(6)9-2)3-10-12(7,8)11-5/h2-6,9-10H,7H2,1H3;7H,2-6H2,1H3;3-5H,1H2,2H3;3H2,1-2H3. The topological polar surface area (TPSA) is 316 Å². The monoisotopic (exact) mass is 926 g/mol. The van der Waals surface area contributed by atoms with Crippen molar-refractivity contribution in [2.45, 2.75) is 87.2 Å². The normalized spacial score (nSPS) is 30.0. The summed E-state index contributed by atoms with van der Waals surface area (Å²) in [4.78, 5) is 44.8. The molecule has 28 heteroatoms. The van der Waals surface area contributed by atoms with Gasteiger partial charge in [0.1, 0.15) is 24.4 Å². The van der Waals surface area contributed by atoms with Crippen LogP contribution in [0.3, 0.4) is 0 Å². The molecule has 5 fully saturated rings. The summed E-state index contributed by atoms with van der Waals surface area (Å²) in [6.07, 6.45) is -0.514. The lowest BCUT2D eigenvalue weighted by Gasteiger charge is -2.32. The summed E-state index contributed by atoms with van der Waals surface area (Å²) < 4.78 is 142. The minimum atomic E-state index is -4.12. The summed E-state index contributed by atoms with van der Waals surface area (Å²) in [5.41, 5.74) is -1.73. The van der Waals surface area contributed by atoms with Crippen molar-refractivity contribution in [2.75, 3.05) is 35.0 Å². The Morgan fingerprint density at radius 1 is 0.678 bits per heavy atom. The lowest BCUT2D eigenvalue weighted by atomic mass is 9.81. The largest absolute Gasteiger partial charge is 0.467 e. The van der Waals surface area contributed by atoms with Crippen LogP contribution >= 0.6 is 0 Å². The lowest BCUT2D eigenvalue weighted by Crippen LogP contribution is -2.46. The third-order valence-electron chi connectivity index (χ3n) is 8.39. The molecular formula is C31H42O24S4. The number of carbonyl (C=O) groups excluding carboxylic acids is 4. The van der Waals surface area contributed by atoms with Gasteiger partial charge in [-0.15, -0.1) is 6.58 Å². The molecule has 0 amide bonds. The molecule has 24 nitrogen and oxygen atoms in total. The van der Waals surface area contributed by atoms with E-state index in [1.54, 1.807) is 0 Å². The van der Waals surface area contributed by atoms with E-state index in [1.807, 2.05) is 30.3 Å². The van der Waals surface area contributed by atoms with Crippen molar-refractivity contribution in [1.29, 1.82) is 0 Å². The van der Waals surface area contributed by atoms with Gasteiger partial charge in [0.05, 0.1) is 28.4 Å². The van der Waals surface area contributed by atoms with Gasteiger partial charge in [-0.3, -0.25) is 0 Å². The second kappa shape index (κ2) is 20.3. The Balaban J connectivity index is 0.000000213. The number of hydrogen-bond acceptors (Lipinski definition) is 24. The molecule has 1 saturated carbocycles. The van der Waals surface area contributed by atoms with Gasteiger partial charge in [-0.25, -0.2) is 52.6 Å². The minimum absolute atomic E-state index is 0.250. The van der Waals surface area contributed by atoms with Gasteiger partial charge in [0.15, 0.2) is 0 Å². The number of hydrogen-bond donors (Lipinski definition) is 0. The van der Waals surface area contributed by atoms with Crippen molar-refractivity contribution in [3.63, 3.8) is 0 Å². The van der Waals surface area contributed by atoms with E-state index >= 15 is 0 Å². The van der Waals surface area contributed by atoms with E-state index < -0.39 is 107 Å². The highest BCUT2D eigenvalue weighted by Crippen LogP contribution is 2.43. The van der Waals surface area contributed by atoms with E-state index in [4.69, 9.17) is 8.37 Å². The van der Waals surface area contributed by atoms with Crippen molar-refractivity contribution in [3.05, 3.63) is 48.6 Å². The maximum Gasteiger partial charge on any atom is 0.401 e. The Morgan fingerprint density at radius 3 is 1.73 bits per heavy atom. The van der Waals surface area contributed by atoms with E-state index in [2.05, 4.69) is 50.6 Å². The van der Waals surface area contributed by atoms with Gasteiger partial charge >= 0.3 is 65.5 Å². The predicted octanol–water partition coefficient (Wildman–Crippen LogP) is -0.463. The third kappa shape index (κ3) is 13.7. The number of carbonyl (C=O) groups is 4. The number of methoxy groups -OCH3 is 4. The van der Waals surface area contributed by atoms with Crippen molar-refractivity contribution in [2.24, 2.45) is 0 Å². The van der Waals surface area contributed by atoms with Gasteiger partial charge in [0.2, 0.25) is 23.9 Å². The quantitative estimate of drug-likeness (QED) is 0.190. The van der Waals surface area contributed by atoms with Gasteiger partial charge in [-0.1, -0.05) is 55.7 Å². The fraction of sp³-hybridized carbons (Fsp3) is 0.613. The Morgan fingerprint density at radius 2 is 1.22 bits per heavy atom. The summed E-state index contributed by atoms with van der Waals surface area (Å²) in [6.45, 7) is 4.23. The zero-order valence-electron chi connectivity index (χ0n) is 31.9. The smallest absolute Gasteiger partial charge is 0.401 e. The summed E-state index contributed by atoms with van der Waals surface area (Å²) in [6, 6.07) is 9.08. The molecule has 0 aromatic heterocycles. The van der Waals surface area contributed by atoms with E-state index in [9.17, 15) is 52.8 Å². The van der Waals surface area contributed by atoms with Crippen LogP contribution in [0.1, 0.15) is 44.6 Å². The summed E-state index contributed by atoms with van der Waals surface area (Å²) in [7, 11) is -11.6. The number of benzene rings is 1. The van der Waals surface area contributed by atoms with Crippen LogP contribution in [-0.4, -0.2) is 134 Å². The molecular weight excluding hydrogens is 885 g/mol. The zero-order valence-corrected chi connectivity index (χ0v) is 35.2. The molecule has 334 valence electrons. The van der Waals surface area contributed by atoms with Gasteiger partial charge in [0.25, 0.3) is 0 Å². The highest BCUT2D eigenvalue weighted by atomic mass is 32.3. The molecule has 4 aliphatic heterocycles. The maximum atomic E-state index is 11.5. The number of esters is 4. The lowest BCUT2D eigenvalue weighted by molar-refractivity contribution is -0.156. The van der Waals surface area contributed by atoms with Crippen molar-refractivity contribution in [3.8, 4) is 0 Å². The highest BCUT2D eigenvalue weighted by molar-refractivity contribution is 7.82. The second-order valence-electron chi connectivity index (χ2n) is 12.6. The molecule has 1 aromatic carbocycles. The van der Waals surface area contributed by atoms with Crippen LogP contribution in [0.4, 0.5) is 0 Å². The Bertz CT molecular complexity index is 2120. The Labute approximate surface area is 340 Å². The predicted molar refractivity (Wildman–Crippen MR) is 191 cm³/mol. The van der Waals surface area contributed by atoms with Gasteiger partial charge in [-0.2, -0.15) is 33.7 Å². The van der Waals surface area contributed by atoms with Crippen molar-refractivity contribution >= 4 is 65.5 Å². The fourth-order valence-electron chi connectivity index (χ4n) is 5.65. The first-order valence-corrected chi connectivity index (χ1v) is 22.2. The molecule has 0 N–H and O–H groups in total. The number of rotatable bonds is 7. The molecule has 59 heavy (non-hydrogen) atoms. The van der Waals surface area contributed by atoms with Crippen molar-refractivity contribution < 1.29 is 105 Å². The van der Waals surface area contributed by atoms with Gasteiger partial charge in [-0.05, 0) is 25.3 Å². The molecule has 1 aliphatic carbocycles. The molecule has 0 radical (unpaired) electrons. The molecule has 5 aliphatic rings. The first-order chi connectivity index (χ1) is 27.4. The SMILES string of the molecule is C=CC1OS(=O)(=O)OC1C(=O)OC.COC(=O)C1(C)COS(=O)(=O)O1.COC(=O)C1OS(=O)(=O)OC12CCCCC2.COC(=O)C1OS(=O)(=O)OC1Cc1ccccc1. The highest BCUT2D eigenvalue weighted by Gasteiger charge is 2.57. The number of ether oxygens (including phenoxy) is 4. The molecule has 4 saturated heterocycles. The molecule has 1 spiro atoms. The van der Waals surface area contributed by atoms with E-state index in [0.29, 0.717) is 12.8 Å². The molecule has 6 unspecified atom stereocenters. The third-order valence-corrected chi connectivity index (χ3v) is 12.2. The first-order valence-electron chi connectivity index (χ1n) is 16.9. The summed E-state index contributed by atoms with van der Waals surface area (Å²) in [5, 5.41) is 0. The van der Waals surface area contributed by atoms with E-state index in [-0.39, 0.29) is 13.0 Å². The zero-order chi connectivity index (χ0) is 44.5. The Kier molecular flexibility index (Phi) is 17.1. The fourth-order valence-corrected chi connectivity index (χ4v) is 9.73. The summed E-state index contributed by atoms with van der Waals surface area (Å²) >= 11 is 0. The van der Waals surface area contributed by atoms with Crippen LogP contribution in [0, 0.1) is 0 Å². The minimum Gasteiger partial charge on any atom is -0.467 e. The maximum absolute atomic E-state index is 11.5. The molecule has 0 bridgehead atoms. The molecule has 1 aromatic rings. The molecule has 4 heterocycles. The van der Waals surface area contributed by atoms with E-state index in [0.717, 1.165) is 52.2 Å². The van der Waals surface area contributed by atoms with E-state index in [1.165, 1.54) is 14.0 Å². The first kappa shape index (κ1) is 49.7. The second-order valence-corrected chi connectivity index (χ2v) is 17.4. The summed E-state index contributed by atoms with van der Waals surface area (Å²) in [5.74, 6) is -3.05. The average molecular weight is 927 g/mol.